The maximum atomic E-state index is 4.84. The van der Waals surface area contributed by atoms with Gasteiger partial charge >= 0.3 is 0 Å². The Kier molecular flexibility index (Phi) is 5.51. The van der Waals surface area contributed by atoms with E-state index in [1.54, 1.807) is 0 Å². The van der Waals surface area contributed by atoms with Crippen molar-refractivity contribution in [1.82, 2.24) is 9.97 Å². The Morgan fingerprint density at radius 2 is 1.50 bits per heavy atom. The maximum absolute atomic E-state index is 4.84. The summed E-state index contributed by atoms with van der Waals surface area (Å²) in [6, 6.07) is 19.5. The smallest absolute Gasteiger partial charge is 0.0705 e. The van der Waals surface area contributed by atoms with Crippen LogP contribution in [0.5, 0.6) is 0 Å². The fourth-order valence-electron chi connectivity index (χ4n) is 3.41. The van der Waals surface area contributed by atoms with Crippen molar-refractivity contribution in [3.05, 3.63) is 82.8 Å². The summed E-state index contributed by atoms with van der Waals surface area (Å²) in [4.78, 5) is 9.33. The first-order chi connectivity index (χ1) is 12.4. The van der Waals surface area contributed by atoms with Gasteiger partial charge in [-0.2, -0.15) is 0 Å². The zero-order valence-electron chi connectivity index (χ0n) is 16.5. The molecule has 0 aliphatic rings. The van der Waals surface area contributed by atoms with Crippen LogP contribution >= 0.6 is 0 Å². The molecule has 26 heavy (non-hydrogen) atoms. The van der Waals surface area contributed by atoms with Crippen LogP contribution < -0.4 is 0 Å². The Balaban J connectivity index is 1.84. The molecule has 0 fully saturated rings. The van der Waals surface area contributed by atoms with Crippen LogP contribution in [0, 0.1) is 13.8 Å². The van der Waals surface area contributed by atoms with Crippen molar-refractivity contribution in [2.45, 2.75) is 52.9 Å². The van der Waals surface area contributed by atoms with Gasteiger partial charge in [0.05, 0.1) is 5.69 Å². The maximum Gasteiger partial charge on any atom is 0.0705 e. The summed E-state index contributed by atoms with van der Waals surface area (Å²) in [6.45, 7) is 10.8. The molecule has 1 unspecified atom stereocenters. The van der Waals surface area contributed by atoms with Crippen LogP contribution in [0.15, 0.2) is 54.6 Å². The van der Waals surface area contributed by atoms with E-state index in [1.807, 2.05) is 0 Å². The second-order valence-electron chi connectivity index (χ2n) is 7.59. The summed E-state index contributed by atoms with van der Waals surface area (Å²) in [6.07, 6.45) is 1.01. The monoisotopic (exact) mass is 344 g/mol. The molecular weight excluding hydrogens is 316 g/mol. The summed E-state index contributed by atoms with van der Waals surface area (Å²) in [5.41, 5.74) is 8.29. The molecule has 2 heteroatoms. The lowest BCUT2D eigenvalue weighted by Crippen LogP contribution is -2.01. The molecule has 0 aliphatic carbocycles. The van der Waals surface area contributed by atoms with Crippen molar-refractivity contribution in [3.63, 3.8) is 0 Å². The van der Waals surface area contributed by atoms with Gasteiger partial charge in [0.15, 0.2) is 0 Å². The highest BCUT2D eigenvalue weighted by Crippen LogP contribution is 2.25. The summed E-state index contributed by atoms with van der Waals surface area (Å²) >= 11 is 0. The summed E-state index contributed by atoms with van der Waals surface area (Å²) < 4.78 is 0. The molecule has 0 N–H and O–H groups in total. The molecule has 0 amide bonds. The van der Waals surface area contributed by atoms with Crippen LogP contribution in [0.4, 0.5) is 0 Å². The second kappa shape index (κ2) is 7.82. The quantitative estimate of drug-likeness (QED) is 0.548. The number of nitrogens with zero attached hydrogens (tertiary/aromatic N) is 2. The van der Waals surface area contributed by atoms with Gasteiger partial charge in [-0.1, -0.05) is 45.0 Å². The van der Waals surface area contributed by atoms with Gasteiger partial charge in [-0.25, -0.2) is 0 Å². The molecule has 0 radical (unpaired) electrons. The summed E-state index contributed by atoms with van der Waals surface area (Å²) in [5, 5.41) is 0. The van der Waals surface area contributed by atoms with E-state index in [2.05, 4.69) is 94.2 Å². The number of hydrogen-bond acceptors (Lipinski definition) is 2. The number of pyridine rings is 2. The number of rotatable bonds is 5. The van der Waals surface area contributed by atoms with Gasteiger partial charge in [0, 0.05) is 22.6 Å². The highest BCUT2D eigenvalue weighted by atomic mass is 14.7. The number of aromatic nitrogens is 2. The zero-order valence-corrected chi connectivity index (χ0v) is 16.5. The molecular formula is C24H28N2. The second-order valence-corrected chi connectivity index (χ2v) is 7.59. The van der Waals surface area contributed by atoms with Crippen molar-refractivity contribution in [2.24, 2.45) is 0 Å². The Hall–Kier alpha value is -2.48. The molecule has 2 nitrogen and oxygen atoms in total. The molecule has 0 bridgehead atoms. The molecule has 1 aromatic carbocycles. The van der Waals surface area contributed by atoms with Crippen molar-refractivity contribution >= 4 is 0 Å². The lowest BCUT2D eigenvalue weighted by Gasteiger charge is -2.14. The van der Waals surface area contributed by atoms with Gasteiger partial charge in [-0.05, 0) is 73.6 Å². The highest BCUT2D eigenvalue weighted by molar-refractivity contribution is 5.60. The SMILES string of the molecule is Cc1cc(C(C)Cc2cccc(-c3cccc(C(C)C)n3)c2)cc(C)n1. The van der Waals surface area contributed by atoms with Gasteiger partial charge in [0.25, 0.3) is 0 Å². The zero-order chi connectivity index (χ0) is 18.7. The molecule has 0 aliphatic heterocycles. The van der Waals surface area contributed by atoms with Crippen molar-refractivity contribution < 1.29 is 0 Å². The first-order valence-electron chi connectivity index (χ1n) is 9.44. The molecule has 2 aromatic heterocycles. The largest absolute Gasteiger partial charge is 0.258 e. The number of benzene rings is 1. The highest BCUT2D eigenvalue weighted by Gasteiger charge is 2.10. The predicted octanol–water partition coefficient (Wildman–Crippen LogP) is 6.23. The lowest BCUT2D eigenvalue weighted by molar-refractivity contribution is 0.754. The van der Waals surface area contributed by atoms with E-state index in [-0.39, 0.29) is 0 Å². The number of hydrogen-bond donors (Lipinski definition) is 0. The average molecular weight is 345 g/mol. The van der Waals surface area contributed by atoms with Crippen LogP contribution in [-0.4, -0.2) is 9.97 Å². The third-order valence-electron chi connectivity index (χ3n) is 4.80. The predicted molar refractivity (Wildman–Crippen MR) is 110 cm³/mol. The van der Waals surface area contributed by atoms with E-state index in [1.165, 1.54) is 16.7 Å². The van der Waals surface area contributed by atoms with Crippen LogP contribution in [0.2, 0.25) is 0 Å². The van der Waals surface area contributed by atoms with E-state index < -0.39 is 0 Å². The van der Waals surface area contributed by atoms with Crippen LogP contribution in [-0.2, 0) is 6.42 Å². The molecule has 1 atom stereocenters. The molecule has 0 spiro atoms. The third kappa shape index (κ3) is 4.37. The molecule has 3 aromatic rings. The van der Waals surface area contributed by atoms with Crippen LogP contribution in [0.1, 0.15) is 60.8 Å². The van der Waals surface area contributed by atoms with E-state index in [0.717, 1.165) is 29.2 Å². The fraction of sp³-hybridized carbons (Fsp3) is 0.333. The van der Waals surface area contributed by atoms with Crippen LogP contribution in [0.3, 0.4) is 0 Å². The minimum absolute atomic E-state index is 0.441. The third-order valence-corrected chi connectivity index (χ3v) is 4.80. The first kappa shape index (κ1) is 18.3. The standard InChI is InChI=1S/C24H28N2/c1-16(2)23-10-7-11-24(26-23)21-9-6-8-20(15-21)12-17(3)22-13-18(4)25-19(5)14-22/h6-11,13-17H,12H2,1-5H3. The van der Waals surface area contributed by atoms with E-state index >= 15 is 0 Å². The summed E-state index contributed by atoms with van der Waals surface area (Å²) in [5.74, 6) is 0.900. The molecule has 3 rings (SSSR count). The van der Waals surface area contributed by atoms with E-state index in [0.29, 0.717) is 11.8 Å². The Labute approximate surface area is 157 Å². The van der Waals surface area contributed by atoms with Crippen LogP contribution in [0.25, 0.3) is 11.3 Å². The normalized spacial score (nSPS) is 12.4. The van der Waals surface area contributed by atoms with Gasteiger partial charge < -0.3 is 0 Å². The number of aryl methyl sites for hydroxylation is 2. The Morgan fingerprint density at radius 3 is 2.19 bits per heavy atom. The molecule has 0 saturated heterocycles. The van der Waals surface area contributed by atoms with E-state index in [9.17, 15) is 0 Å². The van der Waals surface area contributed by atoms with Crippen molar-refractivity contribution in [3.8, 4) is 11.3 Å². The van der Waals surface area contributed by atoms with E-state index in [4.69, 9.17) is 4.98 Å². The Bertz CT molecular complexity index is 876. The first-order valence-corrected chi connectivity index (χ1v) is 9.44. The lowest BCUT2D eigenvalue weighted by atomic mass is 9.92. The minimum atomic E-state index is 0.441. The van der Waals surface area contributed by atoms with Gasteiger partial charge in [-0.3, -0.25) is 9.97 Å². The summed E-state index contributed by atoms with van der Waals surface area (Å²) in [7, 11) is 0. The Morgan fingerprint density at radius 1 is 0.808 bits per heavy atom. The van der Waals surface area contributed by atoms with Crippen molar-refractivity contribution in [1.29, 1.82) is 0 Å². The molecule has 2 heterocycles. The molecule has 0 saturated carbocycles. The average Bonchev–Trinajstić information content (AvgIpc) is 2.61. The minimum Gasteiger partial charge on any atom is -0.258 e. The van der Waals surface area contributed by atoms with Gasteiger partial charge in [0.1, 0.15) is 0 Å². The van der Waals surface area contributed by atoms with Gasteiger partial charge in [0.2, 0.25) is 0 Å². The topological polar surface area (TPSA) is 25.8 Å². The van der Waals surface area contributed by atoms with Gasteiger partial charge in [-0.15, -0.1) is 0 Å². The molecule has 134 valence electrons. The van der Waals surface area contributed by atoms with Crippen molar-refractivity contribution in [2.75, 3.05) is 0 Å². The fourth-order valence-corrected chi connectivity index (χ4v) is 3.41.